The Morgan fingerprint density at radius 3 is 2.33 bits per heavy atom. The minimum Gasteiger partial charge on any atom is -0.342 e. The number of carbonyl (C=O) groups is 1. The van der Waals surface area contributed by atoms with Gasteiger partial charge in [-0.15, -0.1) is 0 Å². The molecule has 7 heteroatoms. The summed E-state index contributed by atoms with van der Waals surface area (Å²) >= 11 is 0. The second-order valence-electron chi connectivity index (χ2n) is 7.54. The molecule has 0 N–H and O–H groups in total. The monoisotopic (exact) mass is 389 g/mol. The van der Waals surface area contributed by atoms with E-state index >= 15 is 0 Å². The zero-order valence-corrected chi connectivity index (χ0v) is 16.6. The van der Waals surface area contributed by atoms with Crippen LogP contribution in [0.3, 0.4) is 0 Å². The Morgan fingerprint density at radius 2 is 1.81 bits per heavy atom. The molecule has 1 saturated carbocycles. The average molecular weight is 390 g/mol. The molecule has 1 amide bonds. The predicted molar refractivity (Wildman–Crippen MR) is 102 cm³/mol. The molecule has 2 aliphatic rings. The number of sulfonamides is 1. The van der Waals surface area contributed by atoms with E-state index in [4.69, 9.17) is 5.26 Å². The van der Waals surface area contributed by atoms with Crippen molar-refractivity contribution < 1.29 is 13.2 Å². The summed E-state index contributed by atoms with van der Waals surface area (Å²) in [5.74, 6) is 0.777. The summed E-state index contributed by atoms with van der Waals surface area (Å²) in [5.41, 5.74) is 0.435. The van der Waals surface area contributed by atoms with Gasteiger partial charge in [0.1, 0.15) is 0 Å². The molecular formula is C20H27N3O3S. The van der Waals surface area contributed by atoms with Crippen LogP contribution in [-0.4, -0.2) is 49.7 Å². The van der Waals surface area contributed by atoms with Crippen molar-refractivity contribution in [3.05, 3.63) is 29.8 Å². The van der Waals surface area contributed by atoms with E-state index in [0.717, 1.165) is 19.5 Å². The summed E-state index contributed by atoms with van der Waals surface area (Å²) in [6, 6.07) is 7.98. The first kappa shape index (κ1) is 19.8. The SMILES string of the molecule is CCCN(CC1CC1)C(=O)C1CCN(S(=O)(=O)c2ccc(C#N)cc2)CC1. The fourth-order valence-corrected chi connectivity index (χ4v) is 5.09. The maximum atomic E-state index is 12.9. The maximum Gasteiger partial charge on any atom is 0.243 e. The minimum atomic E-state index is -3.58. The van der Waals surface area contributed by atoms with Gasteiger partial charge in [-0.3, -0.25) is 4.79 Å². The van der Waals surface area contributed by atoms with Crippen molar-refractivity contribution in [2.24, 2.45) is 11.8 Å². The molecule has 1 aliphatic heterocycles. The highest BCUT2D eigenvalue weighted by molar-refractivity contribution is 7.89. The standard InChI is InChI=1S/C20H27N3O3S/c1-2-11-22(15-17-3-4-17)20(24)18-9-12-23(13-10-18)27(25,26)19-7-5-16(14-21)6-8-19/h5-8,17-18H,2-4,9-13,15H2,1H3. The number of amides is 1. The molecule has 0 atom stereocenters. The van der Waals surface area contributed by atoms with E-state index in [0.29, 0.717) is 37.4 Å². The van der Waals surface area contributed by atoms with E-state index in [-0.39, 0.29) is 16.7 Å². The molecule has 1 heterocycles. The first-order valence-corrected chi connectivity index (χ1v) is 11.2. The third-order valence-electron chi connectivity index (χ3n) is 5.41. The van der Waals surface area contributed by atoms with Crippen LogP contribution in [0.4, 0.5) is 0 Å². The van der Waals surface area contributed by atoms with Gasteiger partial charge in [-0.05, 0) is 62.3 Å². The zero-order chi connectivity index (χ0) is 19.4. The van der Waals surface area contributed by atoms with Gasteiger partial charge >= 0.3 is 0 Å². The maximum absolute atomic E-state index is 12.9. The topological polar surface area (TPSA) is 81.5 Å². The second kappa shape index (κ2) is 8.41. The molecule has 2 fully saturated rings. The number of nitriles is 1. The lowest BCUT2D eigenvalue weighted by Gasteiger charge is -2.33. The Morgan fingerprint density at radius 1 is 1.19 bits per heavy atom. The Balaban J connectivity index is 1.61. The summed E-state index contributed by atoms with van der Waals surface area (Å²) in [6.45, 7) is 4.46. The molecule has 3 rings (SSSR count). The van der Waals surface area contributed by atoms with Crippen LogP contribution in [-0.2, 0) is 14.8 Å². The van der Waals surface area contributed by atoms with Crippen LogP contribution in [0.25, 0.3) is 0 Å². The first-order chi connectivity index (χ1) is 13.0. The predicted octanol–water partition coefficient (Wildman–Crippen LogP) is 2.61. The third kappa shape index (κ3) is 4.69. The fourth-order valence-electron chi connectivity index (χ4n) is 3.63. The molecule has 146 valence electrons. The van der Waals surface area contributed by atoms with E-state index in [1.807, 2.05) is 11.0 Å². The lowest BCUT2D eigenvalue weighted by atomic mass is 9.96. The second-order valence-corrected chi connectivity index (χ2v) is 9.48. The number of nitrogens with zero attached hydrogens (tertiary/aromatic N) is 3. The van der Waals surface area contributed by atoms with Crippen LogP contribution in [0, 0.1) is 23.2 Å². The number of piperidine rings is 1. The molecule has 1 saturated heterocycles. The van der Waals surface area contributed by atoms with Crippen LogP contribution in [0.15, 0.2) is 29.2 Å². The molecule has 1 aromatic carbocycles. The Kier molecular flexibility index (Phi) is 6.18. The van der Waals surface area contributed by atoms with Crippen molar-refractivity contribution in [1.29, 1.82) is 5.26 Å². The van der Waals surface area contributed by atoms with Gasteiger partial charge in [-0.2, -0.15) is 9.57 Å². The van der Waals surface area contributed by atoms with Crippen LogP contribution in [0.1, 0.15) is 44.6 Å². The summed E-state index contributed by atoms with van der Waals surface area (Å²) in [7, 11) is -3.58. The highest BCUT2D eigenvalue weighted by Gasteiger charge is 2.35. The molecule has 1 aliphatic carbocycles. The lowest BCUT2D eigenvalue weighted by Crippen LogP contribution is -2.45. The molecule has 27 heavy (non-hydrogen) atoms. The molecule has 0 unspecified atom stereocenters. The van der Waals surface area contributed by atoms with Gasteiger partial charge < -0.3 is 4.90 Å². The Labute approximate surface area is 161 Å². The summed E-state index contributed by atoms with van der Waals surface area (Å²) in [4.78, 5) is 15.1. The number of rotatable bonds is 7. The normalized spacial score (nSPS) is 18.8. The van der Waals surface area contributed by atoms with Crippen molar-refractivity contribution in [1.82, 2.24) is 9.21 Å². The van der Waals surface area contributed by atoms with E-state index in [9.17, 15) is 13.2 Å². The van der Waals surface area contributed by atoms with Crippen molar-refractivity contribution in [2.75, 3.05) is 26.2 Å². The van der Waals surface area contributed by atoms with E-state index in [1.165, 1.54) is 41.4 Å². The van der Waals surface area contributed by atoms with Gasteiger partial charge in [-0.1, -0.05) is 6.92 Å². The quantitative estimate of drug-likeness (QED) is 0.718. The van der Waals surface area contributed by atoms with E-state index in [1.54, 1.807) is 0 Å². The van der Waals surface area contributed by atoms with Gasteiger partial charge in [0.15, 0.2) is 0 Å². The number of hydrogen-bond acceptors (Lipinski definition) is 4. The molecular weight excluding hydrogens is 362 g/mol. The number of hydrogen-bond donors (Lipinski definition) is 0. The summed E-state index contributed by atoms with van der Waals surface area (Å²) in [6.07, 6.45) is 4.52. The lowest BCUT2D eigenvalue weighted by molar-refractivity contribution is -0.137. The Hall–Kier alpha value is -1.91. The van der Waals surface area contributed by atoms with Crippen LogP contribution in [0.2, 0.25) is 0 Å². The van der Waals surface area contributed by atoms with Gasteiger partial charge in [0.05, 0.1) is 16.5 Å². The molecule has 1 aromatic rings. The average Bonchev–Trinajstić information content (AvgIpc) is 3.51. The smallest absolute Gasteiger partial charge is 0.243 e. The van der Waals surface area contributed by atoms with Crippen molar-refractivity contribution in [3.8, 4) is 6.07 Å². The number of benzene rings is 1. The van der Waals surface area contributed by atoms with Gasteiger partial charge in [0, 0.05) is 32.1 Å². The molecule has 0 aromatic heterocycles. The van der Waals surface area contributed by atoms with Crippen LogP contribution < -0.4 is 0 Å². The number of carbonyl (C=O) groups excluding carboxylic acids is 1. The summed E-state index contributed by atoms with van der Waals surface area (Å²) < 4.78 is 27.1. The van der Waals surface area contributed by atoms with Gasteiger partial charge in [0.25, 0.3) is 0 Å². The fraction of sp³-hybridized carbons (Fsp3) is 0.600. The van der Waals surface area contributed by atoms with Gasteiger partial charge in [0.2, 0.25) is 15.9 Å². The largest absolute Gasteiger partial charge is 0.342 e. The zero-order valence-electron chi connectivity index (χ0n) is 15.8. The highest BCUT2D eigenvalue weighted by Crippen LogP contribution is 2.31. The molecule has 0 spiro atoms. The van der Waals surface area contributed by atoms with E-state index in [2.05, 4.69) is 6.92 Å². The molecule has 6 nitrogen and oxygen atoms in total. The minimum absolute atomic E-state index is 0.0808. The van der Waals surface area contributed by atoms with Crippen LogP contribution in [0.5, 0.6) is 0 Å². The van der Waals surface area contributed by atoms with Crippen molar-refractivity contribution in [3.63, 3.8) is 0 Å². The third-order valence-corrected chi connectivity index (χ3v) is 7.32. The first-order valence-electron chi connectivity index (χ1n) is 9.74. The Bertz CT molecular complexity index is 802. The highest BCUT2D eigenvalue weighted by atomic mass is 32.2. The summed E-state index contributed by atoms with van der Waals surface area (Å²) in [5, 5.41) is 8.86. The van der Waals surface area contributed by atoms with Gasteiger partial charge in [-0.25, -0.2) is 8.42 Å². The van der Waals surface area contributed by atoms with E-state index < -0.39 is 10.0 Å². The van der Waals surface area contributed by atoms with Crippen LogP contribution >= 0.6 is 0 Å². The van der Waals surface area contributed by atoms with Crippen molar-refractivity contribution >= 4 is 15.9 Å². The van der Waals surface area contributed by atoms with Crippen molar-refractivity contribution in [2.45, 2.75) is 43.9 Å². The molecule has 0 bridgehead atoms. The molecule has 0 radical (unpaired) electrons.